The molecule has 18 nitrogen and oxygen atoms in total. The molecule has 8 N–H and O–H groups in total. The minimum absolute atomic E-state index is 0.368. The number of carbonyl (C=O) groups is 3. The SMILES string of the molecule is CC(CN(Cc1cc(-c2cccc(N)c2)cc(CN(CC(C)OO)CC(C)OO)n1)CC(C)OO)OO.O=C(O)CN1C(=O)NC(c2ccccc2)(c2ccccc2)C1=O. The summed E-state index contributed by atoms with van der Waals surface area (Å²) in [5, 5.41) is 48.0. The van der Waals surface area contributed by atoms with Crippen molar-refractivity contribution in [3.8, 4) is 11.1 Å². The Morgan fingerprint density at radius 2 is 1.12 bits per heavy atom. The Morgan fingerprint density at radius 3 is 1.50 bits per heavy atom. The van der Waals surface area contributed by atoms with Crippen molar-refractivity contribution in [2.75, 3.05) is 38.5 Å². The van der Waals surface area contributed by atoms with Crippen LogP contribution in [0.4, 0.5) is 10.5 Å². The first-order chi connectivity index (χ1) is 28.7. The first kappa shape index (κ1) is 47.3. The highest BCUT2D eigenvalue weighted by molar-refractivity contribution is 6.11. The molecular formula is C42H54N6O12. The lowest BCUT2D eigenvalue weighted by Crippen LogP contribution is -2.45. The molecular weight excluding hydrogens is 780 g/mol. The number of nitrogens with two attached hydrogens (primary N) is 1. The molecule has 4 unspecified atom stereocenters. The molecule has 18 heteroatoms. The molecule has 5 rings (SSSR count). The maximum absolute atomic E-state index is 13.0. The van der Waals surface area contributed by atoms with E-state index < -0.39 is 54.4 Å². The predicted octanol–water partition coefficient (Wildman–Crippen LogP) is 5.01. The van der Waals surface area contributed by atoms with E-state index in [4.69, 9.17) is 36.9 Å². The van der Waals surface area contributed by atoms with Crippen LogP contribution in [-0.4, -0.2) is 121 Å². The Labute approximate surface area is 348 Å². The molecule has 1 aliphatic heterocycles. The van der Waals surface area contributed by atoms with Crippen molar-refractivity contribution in [3.63, 3.8) is 0 Å². The van der Waals surface area contributed by atoms with E-state index in [0.717, 1.165) is 27.4 Å². The molecule has 60 heavy (non-hydrogen) atoms. The van der Waals surface area contributed by atoms with Gasteiger partial charge in [-0.15, -0.1) is 0 Å². The zero-order valence-electron chi connectivity index (χ0n) is 34.0. The summed E-state index contributed by atoms with van der Waals surface area (Å²) >= 11 is 0. The summed E-state index contributed by atoms with van der Waals surface area (Å²) in [6.45, 7) is 8.48. The molecule has 324 valence electrons. The first-order valence-electron chi connectivity index (χ1n) is 19.2. The number of benzene rings is 3. The summed E-state index contributed by atoms with van der Waals surface area (Å²) in [5.41, 5.74) is 9.72. The molecule has 1 aromatic heterocycles. The highest BCUT2D eigenvalue weighted by Gasteiger charge is 2.54. The van der Waals surface area contributed by atoms with Crippen molar-refractivity contribution >= 4 is 23.6 Å². The predicted molar refractivity (Wildman–Crippen MR) is 219 cm³/mol. The third-order valence-corrected chi connectivity index (χ3v) is 9.52. The number of amides is 3. The Bertz CT molecular complexity index is 1870. The second-order valence-electron chi connectivity index (χ2n) is 14.7. The van der Waals surface area contributed by atoms with Gasteiger partial charge in [0.05, 0.1) is 11.4 Å². The fraction of sp³-hybridized carbons (Fsp3) is 0.381. The molecule has 1 saturated heterocycles. The summed E-state index contributed by atoms with van der Waals surface area (Å²) in [6.07, 6.45) is -1.90. The maximum atomic E-state index is 13.0. The number of hydrogen-bond acceptors (Lipinski definition) is 15. The molecule has 1 aliphatic rings. The molecule has 0 bridgehead atoms. The molecule has 0 saturated carbocycles. The molecule has 3 aromatic carbocycles. The fourth-order valence-electron chi connectivity index (χ4n) is 6.94. The van der Waals surface area contributed by atoms with Gasteiger partial charge >= 0.3 is 12.0 Å². The van der Waals surface area contributed by atoms with Crippen molar-refractivity contribution in [2.24, 2.45) is 0 Å². The number of pyridine rings is 1. The van der Waals surface area contributed by atoms with Crippen LogP contribution in [0.2, 0.25) is 0 Å². The third kappa shape index (κ3) is 13.1. The molecule has 1 fully saturated rings. The van der Waals surface area contributed by atoms with Gasteiger partial charge in [-0.1, -0.05) is 72.8 Å². The van der Waals surface area contributed by atoms with Gasteiger partial charge in [-0.2, -0.15) is 0 Å². The number of hydrogen-bond donors (Lipinski definition) is 7. The molecule has 0 radical (unpaired) electrons. The third-order valence-electron chi connectivity index (χ3n) is 9.52. The van der Waals surface area contributed by atoms with Crippen LogP contribution in [0.1, 0.15) is 50.2 Å². The van der Waals surface area contributed by atoms with Crippen LogP contribution in [0.5, 0.6) is 0 Å². The lowest BCUT2D eigenvalue weighted by Gasteiger charge is -2.27. The van der Waals surface area contributed by atoms with Gasteiger partial charge in [0.1, 0.15) is 31.0 Å². The highest BCUT2D eigenvalue weighted by atomic mass is 17.1. The molecule has 0 spiro atoms. The molecule has 4 atom stereocenters. The van der Waals surface area contributed by atoms with Gasteiger partial charge in [-0.25, -0.2) is 24.3 Å². The number of carboxylic acid groups (broad SMARTS) is 1. The summed E-state index contributed by atoms with van der Waals surface area (Å²) in [4.78, 5) is 63.5. The lowest BCUT2D eigenvalue weighted by atomic mass is 9.82. The van der Waals surface area contributed by atoms with Crippen LogP contribution < -0.4 is 11.1 Å². The first-order valence-corrected chi connectivity index (χ1v) is 19.2. The maximum Gasteiger partial charge on any atom is 0.326 e. The standard InChI is InChI=1S/C25H40N4O8.C17H14N2O4/c1-17(34-30)11-28(12-18(2)35-31)15-24-9-22(21-6-5-7-23(26)8-21)10-25(27-24)16-29(13-19(3)36-32)14-20(4)37-33;20-14(21)11-19-15(22)17(18-16(19)23,12-7-3-1-4-8-12)13-9-5-2-6-10-13/h5-10,17-20,30-33H,11-16,26H2,1-4H3;1-10H,11H2,(H,18,23)(H,20,21). The van der Waals surface area contributed by atoms with E-state index in [1.54, 1.807) is 88.4 Å². The van der Waals surface area contributed by atoms with Crippen LogP contribution in [-0.2, 0) is 47.8 Å². The largest absolute Gasteiger partial charge is 0.480 e. The minimum atomic E-state index is -1.41. The number of nitrogens with one attached hydrogen (secondary N) is 1. The Balaban J connectivity index is 0.000000293. The van der Waals surface area contributed by atoms with E-state index in [-0.39, 0.29) is 0 Å². The number of aliphatic carboxylic acids is 1. The molecule has 3 amide bonds. The van der Waals surface area contributed by atoms with Crippen LogP contribution in [0, 0.1) is 0 Å². The quantitative estimate of drug-likeness (QED) is 0.0252. The Morgan fingerprint density at radius 1 is 0.683 bits per heavy atom. The summed E-state index contributed by atoms with van der Waals surface area (Å²) in [7, 11) is 0. The number of urea groups is 1. The smallest absolute Gasteiger partial charge is 0.326 e. The van der Waals surface area contributed by atoms with Crippen LogP contribution in [0.15, 0.2) is 97.1 Å². The number of carboxylic acids is 1. The number of rotatable bonds is 21. The molecule has 4 aromatic rings. The van der Waals surface area contributed by atoms with Crippen LogP contribution >= 0.6 is 0 Å². The number of imide groups is 1. The van der Waals surface area contributed by atoms with E-state index in [2.05, 4.69) is 24.9 Å². The number of carbonyl (C=O) groups excluding carboxylic acids is 2. The van der Waals surface area contributed by atoms with E-state index in [1.165, 1.54) is 0 Å². The van der Waals surface area contributed by atoms with E-state index >= 15 is 0 Å². The zero-order valence-corrected chi connectivity index (χ0v) is 34.0. The monoisotopic (exact) mass is 834 g/mol. The lowest BCUT2D eigenvalue weighted by molar-refractivity contribution is -0.286. The Kier molecular flexibility index (Phi) is 18.0. The number of nitrogens with zero attached hydrogens (tertiary/aromatic N) is 4. The second kappa shape index (κ2) is 22.8. The van der Waals surface area contributed by atoms with Crippen molar-refractivity contribution in [3.05, 3.63) is 120 Å². The second-order valence-corrected chi connectivity index (χ2v) is 14.7. The summed E-state index contributed by atoms with van der Waals surface area (Å²) < 4.78 is 0. The highest BCUT2D eigenvalue weighted by Crippen LogP contribution is 2.36. The van der Waals surface area contributed by atoms with Gasteiger partial charge in [0.15, 0.2) is 5.54 Å². The van der Waals surface area contributed by atoms with E-state index in [0.29, 0.717) is 56.1 Å². The van der Waals surface area contributed by atoms with Gasteiger partial charge in [-0.05, 0) is 74.2 Å². The number of aromatic nitrogens is 1. The molecule has 0 aliphatic carbocycles. The van der Waals surface area contributed by atoms with Gasteiger partial charge in [0, 0.05) is 45.0 Å². The van der Waals surface area contributed by atoms with E-state index in [1.807, 2.05) is 46.2 Å². The number of nitrogen functional groups attached to an aromatic ring is 1. The van der Waals surface area contributed by atoms with Gasteiger partial charge in [0.2, 0.25) is 0 Å². The number of anilines is 1. The van der Waals surface area contributed by atoms with Gasteiger partial charge in [-0.3, -0.25) is 50.3 Å². The van der Waals surface area contributed by atoms with Gasteiger partial charge in [0.25, 0.3) is 5.91 Å². The van der Waals surface area contributed by atoms with Crippen LogP contribution in [0.25, 0.3) is 11.1 Å². The average Bonchev–Trinajstić information content (AvgIpc) is 3.49. The zero-order chi connectivity index (χ0) is 43.8. The van der Waals surface area contributed by atoms with Crippen molar-refractivity contribution in [1.29, 1.82) is 0 Å². The molecule has 2 heterocycles. The minimum Gasteiger partial charge on any atom is -0.480 e. The van der Waals surface area contributed by atoms with Gasteiger partial charge < -0.3 is 16.2 Å². The van der Waals surface area contributed by atoms with Crippen molar-refractivity contribution < 1.29 is 60.1 Å². The Hall–Kier alpha value is -5.38. The van der Waals surface area contributed by atoms with E-state index in [9.17, 15) is 14.4 Å². The topological polar surface area (TPSA) is 250 Å². The van der Waals surface area contributed by atoms with Crippen molar-refractivity contribution in [2.45, 2.75) is 70.7 Å². The fourth-order valence-corrected chi connectivity index (χ4v) is 6.94. The summed E-state index contributed by atoms with van der Waals surface area (Å²) in [5.74, 6) is -1.84. The average molecular weight is 835 g/mol. The van der Waals surface area contributed by atoms with Crippen LogP contribution in [0.3, 0.4) is 0 Å². The summed E-state index contributed by atoms with van der Waals surface area (Å²) in [6, 6.07) is 28.3. The van der Waals surface area contributed by atoms with Crippen molar-refractivity contribution in [1.82, 2.24) is 25.0 Å². The normalized spacial score (nSPS) is 15.6.